The second-order valence-corrected chi connectivity index (χ2v) is 5.55. The van der Waals surface area contributed by atoms with Gasteiger partial charge in [-0.2, -0.15) is 5.10 Å². The van der Waals surface area contributed by atoms with Crippen LogP contribution < -0.4 is 10.5 Å². The molecule has 0 aliphatic heterocycles. The number of benzene rings is 1. The van der Waals surface area contributed by atoms with Gasteiger partial charge in [0.15, 0.2) is 0 Å². The highest BCUT2D eigenvalue weighted by molar-refractivity contribution is 7.89. The number of rotatable bonds is 5. The molecule has 7 heteroatoms. The Balaban J connectivity index is 2.14. The first-order valence-electron chi connectivity index (χ1n) is 5.38. The van der Waals surface area contributed by atoms with Crippen molar-refractivity contribution in [3.05, 3.63) is 47.8 Å². The van der Waals surface area contributed by atoms with Gasteiger partial charge in [-0.15, -0.1) is 0 Å². The molecule has 0 aliphatic carbocycles. The van der Waals surface area contributed by atoms with Crippen molar-refractivity contribution in [3.63, 3.8) is 0 Å². The normalized spacial score (nSPS) is 11.6. The van der Waals surface area contributed by atoms with Crippen LogP contribution in [0.25, 0.3) is 0 Å². The molecule has 0 amide bonds. The fraction of sp³-hybridized carbons (Fsp3) is 0.182. The average Bonchev–Trinajstić information content (AvgIpc) is 2.90. The fourth-order valence-electron chi connectivity index (χ4n) is 1.48. The standard InChI is InChI=1S/C11H14N4O2S/c12-5-9-2-1-3-11(4-9)18(16,17)15-8-10-6-13-14-7-10/h1-4,6-7,15H,5,8,12H2,(H,13,14). The van der Waals surface area contributed by atoms with E-state index in [1.165, 1.54) is 6.07 Å². The molecule has 0 radical (unpaired) electrons. The molecule has 0 atom stereocenters. The number of hydrogen-bond acceptors (Lipinski definition) is 4. The van der Waals surface area contributed by atoms with Crippen molar-refractivity contribution in [1.82, 2.24) is 14.9 Å². The molecule has 18 heavy (non-hydrogen) atoms. The summed E-state index contributed by atoms with van der Waals surface area (Å²) < 4.78 is 26.5. The Hall–Kier alpha value is -1.70. The SMILES string of the molecule is NCc1cccc(S(=O)(=O)NCc2cn[nH]c2)c1. The van der Waals surface area contributed by atoms with E-state index in [0.29, 0.717) is 6.54 Å². The van der Waals surface area contributed by atoms with E-state index in [-0.39, 0.29) is 11.4 Å². The molecule has 0 aliphatic rings. The van der Waals surface area contributed by atoms with E-state index in [0.717, 1.165) is 11.1 Å². The maximum absolute atomic E-state index is 12.0. The number of aromatic nitrogens is 2. The smallest absolute Gasteiger partial charge is 0.240 e. The third-order valence-electron chi connectivity index (χ3n) is 2.47. The van der Waals surface area contributed by atoms with Gasteiger partial charge in [0.25, 0.3) is 0 Å². The van der Waals surface area contributed by atoms with Crippen molar-refractivity contribution < 1.29 is 8.42 Å². The lowest BCUT2D eigenvalue weighted by atomic mass is 10.2. The Bertz CT molecular complexity index is 608. The van der Waals surface area contributed by atoms with Crippen LogP contribution in [0.5, 0.6) is 0 Å². The van der Waals surface area contributed by atoms with Gasteiger partial charge in [-0.05, 0) is 17.7 Å². The summed E-state index contributed by atoms with van der Waals surface area (Å²) in [6.07, 6.45) is 3.21. The molecular weight excluding hydrogens is 252 g/mol. The summed E-state index contributed by atoms with van der Waals surface area (Å²) in [4.78, 5) is 0.217. The molecule has 0 fully saturated rings. The second kappa shape index (κ2) is 5.30. The molecule has 1 aromatic heterocycles. The van der Waals surface area contributed by atoms with E-state index in [4.69, 9.17) is 5.73 Å². The van der Waals surface area contributed by atoms with Crippen molar-refractivity contribution in [3.8, 4) is 0 Å². The first-order valence-corrected chi connectivity index (χ1v) is 6.86. The van der Waals surface area contributed by atoms with Crippen LogP contribution in [0.4, 0.5) is 0 Å². The van der Waals surface area contributed by atoms with Crippen molar-refractivity contribution in [1.29, 1.82) is 0 Å². The molecular formula is C11H14N4O2S. The lowest BCUT2D eigenvalue weighted by molar-refractivity contribution is 0.581. The molecule has 0 unspecified atom stereocenters. The van der Waals surface area contributed by atoms with Gasteiger partial charge in [-0.25, -0.2) is 13.1 Å². The number of nitrogens with zero attached hydrogens (tertiary/aromatic N) is 1. The highest BCUT2D eigenvalue weighted by Gasteiger charge is 2.13. The minimum absolute atomic E-state index is 0.200. The van der Waals surface area contributed by atoms with Crippen LogP contribution in [0.1, 0.15) is 11.1 Å². The Morgan fingerprint density at radius 3 is 2.83 bits per heavy atom. The van der Waals surface area contributed by atoms with Crippen molar-refractivity contribution in [2.75, 3.05) is 0 Å². The number of sulfonamides is 1. The second-order valence-electron chi connectivity index (χ2n) is 3.78. The van der Waals surface area contributed by atoms with E-state index in [9.17, 15) is 8.42 Å². The fourth-order valence-corrected chi connectivity index (χ4v) is 2.56. The number of hydrogen-bond donors (Lipinski definition) is 3. The summed E-state index contributed by atoms with van der Waals surface area (Å²) in [5, 5.41) is 6.37. The summed E-state index contributed by atoms with van der Waals surface area (Å²) in [6.45, 7) is 0.511. The van der Waals surface area contributed by atoms with Gasteiger partial charge in [0, 0.05) is 24.8 Å². The van der Waals surface area contributed by atoms with Crippen LogP contribution in [-0.2, 0) is 23.1 Å². The molecule has 0 spiro atoms. The zero-order chi connectivity index (χ0) is 13.0. The predicted octanol–water partition coefficient (Wildman–Crippen LogP) is 0.347. The largest absolute Gasteiger partial charge is 0.326 e. The number of aromatic amines is 1. The van der Waals surface area contributed by atoms with E-state index >= 15 is 0 Å². The lowest BCUT2D eigenvalue weighted by Gasteiger charge is -2.06. The van der Waals surface area contributed by atoms with Crippen LogP contribution in [0.15, 0.2) is 41.6 Å². The number of nitrogens with two attached hydrogens (primary N) is 1. The van der Waals surface area contributed by atoms with Crippen LogP contribution in [0.3, 0.4) is 0 Å². The van der Waals surface area contributed by atoms with Gasteiger partial charge in [0.05, 0.1) is 11.1 Å². The Labute approximate surface area is 105 Å². The summed E-state index contributed by atoms with van der Waals surface area (Å²) in [5.74, 6) is 0. The highest BCUT2D eigenvalue weighted by Crippen LogP contribution is 2.11. The van der Waals surface area contributed by atoms with Crippen molar-refractivity contribution in [2.24, 2.45) is 5.73 Å². The van der Waals surface area contributed by atoms with Crippen LogP contribution in [0.2, 0.25) is 0 Å². The minimum atomic E-state index is -3.52. The molecule has 96 valence electrons. The molecule has 2 aromatic rings. The molecule has 0 saturated heterocycles. The monoisotopic (exact) mass is 266 g/mol. The van der Waals surface area contributed by atoms with Gasteiger partial charge in [-0.1, -0.05) is 12.1 Å². The Morgan fingerprint density at radius 2 is 2.17 bits per heavy atom. The predicted molar refractivity (Wildman–Crippen MR) is 66.9 cm³/mol. The van der Waals surface area contributed by atoms with Gasteiger partial charge >= 0.3 is 0 Å². The Kier molecular flexibility index (Phi) is 3.75. The Morgan fingerprint density at radius 1 is 1.33 bits per heavy atom. The minimum Gasteiger partial charge on any atom is -0.326 e. The summed E-state index contributed by atoms with van der Waals surface area (Å²) in [5.41, 5.74) is 7.04. The molecule has 6 nitrogen and oxygen atoms in total. The molecule has 1 aromatic carbocycles. The van der Waals surface area contributed by atoms with E-state index in [1.54, 1.807) is 30.6 Å². The van der Waals surface area contributed by atoms with E-state index < -0.39 is 10.0 Å². The van der Waals surface area contributed by atoms with Crippen LogP contribution in [0, 0.1) is 0 Å². The zero-order valence-corrected chi connectivity index (χ0v) is 10.4. The summed E-state index contributed by atoms with van der Waals surface area (Å²) >= 11 is 0. The number of H-pyrrole nitrogens is 1. The van der Waals surface area contributed by atoms with Crippen molar-refractivity contribution >= 4 is 10.0 Å². The first kappa shape index (κ1) is 12.7. The summed E-state index contributed by atoms with van der Waals surface area (Å²) in [6, 6.07) is 6.57. The molecule has 0 bridgehead atoms. The molecule has 2 rings (SSSR count). The maximum Gasteiger partial charge on any atom is 0.240 e. The topological polar surface area (TPSA) is 101 Å². The summed E-state index contributed by atoms with van der Waals surface area (Å²) in [7, 11) is -3.52. The average molecular weight is 266 g/mol. The molecule has 1 heterocycles. The van der Waals surface area contributed by atoms with Crippen LogP contribution >= 0.6 is 0 Å². The van der Waals surface area contributed by atoms with Gasteiger partial charge < -0.3 is 5.73 Å². The third-order valence-corrected chi connectivity index (χ3v) is 3.86. The highest BCUT2D eigenvalue weighted by atomic mass is 32.2. The molecule has 4 N–H and O–H groups in total. The quantitative estimate of drug-likeness (QED) is 0.726. The van der Waals surface area contributed by atoms with Crippen LogP contribution in [-0.4, -0.2) is 18.6 Å². The van der Waals surface area contributed by atoms with Gasteiger partial charge in [0.2, 0.25) is 10.0 Å². The number of nitrogens with one attached hydrogen (secondary N) is 2. The van der Waals surface area contributed by atoms with Gasteiger partial charge in [0.1, 0.15) is 0 Å². The third kappa shape index (κ3) is 2.95. The van der Waals surface area contributed by atoms with Gasteiger partial charge in [-0.3, -0.25) is 5.10 Å². The van der Waals surface area contributed by atoms with E-state index in [2.05, 4.69) is 14.9 Å². The van der Waals surface area contributed by atoms with Crippen molar-refractivity contribution in [2.45, 2.75) is 18.0 Å². The maximum atomic E-state index is 12.0. The first-order chi connectivity index (χ1) is 8.62. The lowest BCUT2D eigenvalue weighted by Crippen LogP contribution is -2.23. The molecule has 0 saturated carbocycles. The zero-order valence-electron chi connectivity index (χ0n) is 9.63. The van der Waals surface area contributed by atoms with E-state index in [1.807, 2.05) is 0 Å².